The van der Waals surface area contributed by atoms with Crippen LogP contribution in [0.4, 0.5) is 5.82 Å². The standard InChI is InChI=1S/C28H33N7O3/c1-16-6-9-21-20(15-16)17(2)26(38-21)25-23-24(28(37)31-30-27(23)29)32-35(25)19-10-13-34(14-11-19)22(36)5-4-12-33(3)18-7-8-18/h4-6,9,15,18-19H,7-8,10-14H2,1-3H3,(H2,29,30)(H,31,37)/b5-4+. The van der Waals surface area contributed by atoms with Gasteiger partial charge in [-0.15, -0.1) is 0 Å². The third kappa shape index (κ3) is 4.28. The Bertz CT molecular complexity index is 1620. The smallest absolute Gasteiger partial charge is 0.292 e. The third-order valence-electron chi connectivity index (χ3n) is 7.91. The molecule has 10 nitrogen and oxygen atoms in total. The van der Waals surface area contributed by atoms with Crippen LogP contribution in [0.3, 0.4) is 0 Å². The van der Waals surface area contributed by atoms with Crippen molar-refractivity contribution in [3.8, 4) is 11.5 Å². The van der Waals surface area contributed by atoms with Crippen LogP contribution in [0.2, 0.25) is 0 Å². The summed E-state index contributed by atoms with van der Waals surface area (Å²) in [5, 5.41) is 12.7. The molecule has 1 aromatic carbocycles. The van der Waals surface area contributed by atoms with Crippen molar-refractivity contribution in [2.24, 2.45) is 0 Å². The van der Waals surface area contributed by atoms with Gasteiger partial charge in [-0.05, 0) is 58.7 Å². The van der Waals surface area contributed by atoms with E-state index in [0.717, 1.165) is 28.6 Å². The minimum atomic E-state index is -0.396. The van der Waals surface area contributed by atoms with Gasteiger partial charge in [0.15, 0.2) is 17.1 Å². The Morgan fingerprint density at radius 3 is 2.74 bits per heavy atom. The average Bonchev–Trinajstić information content (AvgIpc) is 3.62. The molecule has 198 valence electrons. The predicted molar refractivity (Wildman–Crippen MR) is 147 cm³/mol. The number of nitrogens with two attached hydrogens (primary N) is 1. The Balaban J connectivity index is 1.31. The number of anilines is 1. The fourth-order valence-electron chi connectivity index (χ4n) is 5.52. The molecule has 1 aliphatic heterocycles. The molecule has 0 bridgehead atoms. The van der Waals surface area contributed by atoms with E-state index in [4.69, 9.17) is 15.2 Å². The van der Waals surface area contributed by atoms with E-state index in [1.807, 2.05) is 41.6 Å². The first-order valence-electron chi connectivity index (χ1n) is 13.2. The van der Waals surface area contributed by atoms with Crippen LogP contribution in [-0.2, 0) is 4.79 Å². The number of likely N-dealkylation sites (tertiary alicyclic amines) is 1. The highest BCUT2D eigenvalue weighted by atomic mass is 16.3. The number of H-pyrrole nitrogens is 1. The van der Waals surface area contributed by atoms with Crippen molar-refractivity contribution >= 4 is 33.6 Å². The Hall–Kier alpha value is -3.92. The molecule has 0 spiro atoms. The number of likely N-dealkylation sites (N-methyl/N-ethyl adjacent to an activating group) is 1. The van der Waals surface area contributed by atoms with Crippen molar-refractivity contribution in [2.75, 3.05) is 32.4 Å². The second-order valence-corrected chi connectivity index (χ2v) is 10.6. The topological polar surface area (TPSA) is 126 Å². The lowest BCUT2D eigenvalue weighted by atomic mass is 10.0. The zero-order chi connectivity index (χ0) is 26.6. The molecule has 6 rings (SSSR count). The number of furan rings is 1. The first-order chi connectivity index (χ1) is 18.3. The number of rotatable bonds is 6. The average molecular weight is 516 g/mol. The molecule has 1 amide bonds. The molecule has 0 radical (unpaired) electrons. The van der Waals surface area contributed by atoms with E-state index in [9.17, 15) is 9.59 Å². The monoisotopic (exact) mass is 515 g/mol. The van der Waals surface area contributed by atoms with Crippen molar-refractivity contribution in [3.05, 3.63) is 51.8 Å². The summed E-state index contributed by atoms with van der Waals surface area (Å²) in [5.74, 6) is 0.867. The minimum absolute atomic E-state index is 0.0282. The normalized spacial score (nSPS) is 17.0. The molecule has 38 heavy (non-hydrogen) atoms. The number of piperidine rings is 1. The molecule has 2 aliphatic rings. The Morgan fingerprint density at radius 1 is 1.24 bits per heavy atom. The van der Waals surface area contributed by atoms with Crippen LogP contribution >= 0.6 is 0 Å². The zero-order valence-electron chi connectivity index (χ0n) is 22.0. The molecule has 4 aromatic rings. The second-order valence-electron chi connectivity index (χ2n) is 10.6. The Morgan fingerprint density at radius 2 is 2.00 bits per heavy atom. The van der Waals surface area contributed by atoms with E-state index in [1.165, 1.54) is 12.8 Å². The molecule has 1 saturated carbocycles. The van der Waals surface area contributed by atoms with Gasteiger partial charge in [-0.1, -0.05) is 17.7 Å². The Kier molecular flexibility index (Phi) is 6.06. The highest BCUT2D eigenvalue weighted by molar-refractivity contribution is 6.01. The molecule has 1 saturated heterocycles. The van der Waals surface area contributed by atoms with E-state index >= 15 is 0 Å². The van der Waals surface area contributed by atoms with Gasteiger partial charge in [-0.2, -0.15) is 10.2 Å². The second kappa shape index (κ2) is 9.43. The number of carbonyl (C=O) groups is 1. The molecule has 1 aliphatic carbocycles. The highest BCUT2D eigenvalue weighted by Gasteiger charge is 2.31. The van der Waals surface area contributed by atoms with Crippen LogP contribution in [0, 0.1) is 13.8 Å². The van der Waals surface area contributed by atoms with E-state index in [-0.39, 0.29) is 23.3 Å². The number of nitrogen functional groups attached to an aromatic ring is 1. The summed E-state index contributed by atoms with van der Waals surface area (Å²) in [7, 11) is 2.10. The summed E-state index contributed by atoms with van der Waals surface area (Å²) < 4.78 is 8.22. The van der Waals surface area contributed by atoms with Crippen LogP contribution in [-0.4, -0.2) is 68.4 Å². The molecule has 10 heteroatoms. The number of aromatic nitrogens is 4. The first-order valence-corrected chi connectivity index (χ1v) is 13.2. The van der Waals surface area contributed by atoms with Gasteiger partial charge >= 0.3 is 0 Å². The lowest BCUT2D eigenvalue weighted by molar-refractivity contribution is -0.127. The molecule has 3 N–H and O–H groups in total. The molecule has 0 atom stereocenters. The van der Waals surface area contributed by atoms with Crippen molar-refractivity contribution in [1.29, 1.82) is 0 Å². The summed E-state index contributed by atoms with van der Waals surface area (Å²) in [6, 6.07) is 6.70. The van der Waals surface area contributed by atoms with Crippen molar-refractivity contribution < 1.29 is 9.21 Å². The summed E-state index contributed by atoms with van der Waals surface area (Å²) in [6.45, 7) is 6.04. The number of hydrogen-bond acceptors (Lipinski definition) is 7. The molecular formula is C28H33N7O3. The highest BCUT2D eigenvalue weighted by Crippen LogP contribution is 2.40. The van der Waals surface area contributed by atoms with Gasteiger partial charge in [-0.25, -0.2) is 5.10 Å². The summed E-state index contributed by atoms with van der Waals surface area (Å²) in [5.41, 5.74) is 9.65. The Labute approximate surface area is 220 Å². The number of amides is 1. The van der Waals surface area contributed by atoms with E-state index in [1.54, 1.807) is 6.08 Å². The lowest BCUT2D eigenvalue weighted by Gasteiger charge is -2.32. The van der Waals surface area contributed by atoms with E-state index in [2.05, 4.69) is 28.2 Å². The molecular weight excluding hydrogens is 482 g/mol. The van der Waals surface area contributed by atoms with Crippen LogP contribution in [0.15, 0.2) is 39.6 Å². The van der Waals surface area contributed by atoms with Gasteiger partial charge in [0.05, 0.1) is 11.4 Å². The SMILES string of the molecule is Cc1ccc2oc(-c3c4c(N)n[nH]c(=O)c4nn3C3CCN(C(=O)/C=C/CN(C)C4CC4)CC3)c(C)c2c1. The first kappa shape index (κ1) is 24.4. The number of benzene rings is 1. The number of nitrogens with zero attached hydrogens (tertiary/aromatic N) is 5. The number of hydrogen-bond donors (Lipinski definition) is 2. The van der Waals surface area contributed by atoms with Crippen molar-refractivity contribution in [2.45, 2.75) is 51.6 Å². The van der Waals surface area contributed by atoms with E-state index < -0.39 is 5.56 Å². The largest absolute Gasteiger partial charge is 0.454 e. The molecule has 3 aromatic heterocycles. The lowest BCUT2D eigenvalue weighted by Crippen LogP contribution is -2.38. The summed E-state index contributed by atoms with van der Waals surface area (Å²) in [4.78, 5) is 29.7. The third-order valence-corrected chi connectivity index (χ3v) is 7.91. The fraction of sp³-hybridized carbons (Fsp3) is 0.429. The maximum atomic E-state index is 12.8. The number of aryl methyl sites for hydroxylation is 2. The summed E-state index contributed by atoms with van der Waals surface area (Å²) >= 11 is 0. The van der Waals surface area contributed by atoms with Gasteiger partial charge in [0.1, 0.15) is 11.3 Å². The zero-order valence-corrected chi connectivity index (χ0v) is 22.0. The van der Waals surface area contributed by atoms with Gasteiger partial charge < -0.3 is 15.1 Å². The van der Waals surface area contributed by atoms with Crippen LogP contribution in [0.5, 0.6) is 0 Å². The van der Waals surface area contributed by atoms with Gasteiger partial charge in [-0.3, -0.25) is 19.2 Å². The number of carbonyl (C=O) groups excluding carboxylic acids is 1. The maximum Gasteiger partial charge on any atom is 0.292 e. The van der Waals surface area contributed by atoms with E-state index in [0.29, 0.717) is 48.8 Å². The van der Waals surface area contributed by atoms with Gasteiger partial charge in [0.2, 0.25) is 5.91 Å². The number of fused-ring (bicyclic) bond motifs is 2. The van der Waals surface area contributed by atoms with Crippen molar-refractivity contribution in [1.82, 2.24) is 29.8 Å². The van der Waals surface area contributed by atoms with Gasteiger partial charge in [0, 0.05) is 42.7 Å². The van der Waals surface area contributed by atoms with Crippen LogP contribution in [0.25, 0.3) is 33.3 Å². The number of aromatic amines is 1. The maximum absolute atomic E-state index is 12.8. The molecule has 2 fully saturated rings. The minimum Gasteiger partial charge on any atom is -0.454 e. The van der Waals surface area contributed by atoms with Crippen LogP contribution < -0.4 is 11.3 Å². The predicted octanol–water partition coefficient (Wildman–Crippen LogP) is 3.55. The fourth-order valence-corrected chi connectivity index (χ4v) is 5.52. The quantitative estimate of drug-likeness (QED) is 0.376. The van der Waals surface area contributed by atoms with Crippen molar-refractivity contribution in [3.63, 3.8) is 0 Å². The molecule has 4 heterocycles. The van der Waals surface area contributed by atoms with Gasteiger partial charge in [0.25, 0.3) is 5.56 Å². The summed E-state index contributed by atoms with van der Waals surface area (Å²) in [6.07, 6.45) is 7.55. The van der Waals surface area contributed by atoms with Crippen LogP contribution in [0.1, 0.15) is 42.9 Å². The molecule has 0 unspecified atom stereocenters. The number of nitrogens with one attached hydrogen (secondary N) is 1.